The molecule has 2 rings (SSSR count). The highest BCUT2D eigenvalue weighted by molar-refractivity contribution is 5.97. The van der Waals surface area contributed by atoms with Gasteiger partial charge in [0.25, 0.3) is 11.8 Å². The van der Waals surface area contributed by atoms with Gasteiger partial charge in [0.15, 0.2) is 5.69 Å². The van der Waals surface area contributed by atoms with Gasteiger partial charge in [-0.1, -0.05) is 54.9 Å². The fraction of sp³-hybridized carbons (Fsp3) is 0.467. The molecule has 0 aliphatic carbocycles. The van der Waals surface area contributed by atoms with Crippen LogP contribution in [0.4, 0.5) is 0 Å². The summed E-state index contributed by atoms with van der Waals surface area (Å²) in [4.78, 5) is 51.2. The number of allylic oxidation sites excluding steroid dienone is 1. The van der Waals surface area contributed by atoms with Gasteiger partial charge >= 0.3 is 0 Å². The van der Waals surface area contributed by atoms with E-state index in [2.05, 4.69) is 26.4 Å². The molecule has 0 spiro atoms. The van der Waals surface area contributed by atoms with Gasteiger partial charge in [0, 0.05) is 26.3 Å². The summed E-state index contributed by atoms with van der Waals surface area (Å²) in [5.41, 5.74) is 2.06. The number of hydrogen-bond acceptors (Lipinski definition) is 8. The van der Waals surface area contributed by atoms with Crippen molar-refractivity contribution < 1.29 is 28.4 Å². The Labute approximate surface area is 246 Å². The normalized spacial score (nSPS) is 12.6. The second kappa shape index (κ2) is 17.3. The third-order valence-corrected chi connectivity index (χ3v) is 6.11. The Morgan fingerprint density at radius 2 is 1.74 bits per heavy atom. The first kappa shape index (κ1) is 33.7. The molecule has 42 heavy (non-hydrogen) atoms. The second-order valence-corrected chi connectivity index (χ2v) is 10.3. The molecule has 0 bridgehead atoms. The van der Waals surface area contributed by atoms with E-state index in [4.69, 9.17) is 9.26 Å². The van der Waals surface area contributed by atoms with Crippen LogP contribution >= 0.6 is 0 Å². The molecule has 0 saturated heterocycles. The second-order valence-electron chi connectivity index (χ2n) is 10.3. The van der Waals surface area contributed by atoms with E-state index in [0.29, 0.717) is 25.1 Å². The van der Waals surface area contributed by atoms with Gasteiger partial charge in [0.1, 0.15) is 29.5 Å². The lowest BCUT2D eigenvalue weighted by Crippen LogP contribution is -2.55. The summed E-state index contributed by atoms with van der Waals surface area (Å²) in [7, 11) is 1.39. The summed E-state index contributed by atoms with van der Waals surface area (Å²) in [6, 6.07) is 9.03. The molecule has 0 radical (unpaired) electrons. The van der Waals surface area contributed by atoms with Gasteiger partial charge in [-0.2, -0.15) is 5.26 Å². The summed E-state index contributed by atoms with van der Waals surface area (Å²) < 4.78 is 10.1. The molecule has 1 aromatic heterocycles. The molecule has 0 aliphatic rings. The van der Waals surface area contributed by atoms with Crippen LogP contribution in [0.25, 0.3) is 0 Å². The number of nitriles is 1. The Morgan fingerprint density at radius 3 is 2.33 bits per heavy atom. The molecule has 226 valence electrons. The number of methoxy groups -OCH3 is 1. The molecule has 0 saturated carbocycles. The smallest absolute Gasteiger partial charge is 0.274 e. The van der Waals surface area contributed by atoms with Gasteiger partial charge in [0.2, 0.25) is 11.8 Å². The largest absolute Gasteiger partial charge is 0.382 e. The average molecular weight is 581 g/mol. The molecule has 0 fully saturated rings. The molecular formula is C30H40N6O6. The highest BCUT2D eigenvalue weighted by Crippen LogP contribution is 2.07. The van der Waals surface area contributed by atoms with E-state index < -0.39 is 35.7 Å². The molecule has 4 N–H and O–H groups in total. The van der Waals surface area contributed by atoms with E-state index in [1.807, 2.05) is 51.1 Å². The highest BCUT2D eigenvalue weighted by Gasteiger charge is 2.27. The zero-order valence-electron chi connectivity index (χ0n) is 24.8. The van der Waals surface area contributed by atoms with E-state index in [1.165, 1.54) is 13.2 Å². The van der Waals surface area contributed by atoms with Gasteiger partial charge in [-0.05, 0) is 44.6 Å². The summed E-state index contributed by atoms with van der Waals surface area (Å²) in [6.45, 7) is 7.78. The van der Waals surface area contributed by atoms with Gasteiger partial charge in [-0.15, -0.1) is 0 Å². The van der Waals surface area contributed by atoms with Gasteiger partial charge < -0.3 is 30.5 Å². The van der Waals surface area contributed by atoms with Crippen LogP contribution in [0.1, 0.15) is 60.5 Å². The number of unbranched alkanes of at least 4 members (excludes halogenated alkanes) is 1. The van der Waals surface area contributed by atoms with Crippen LogP contribution in [0.2, 0.25) is 0 Å². The van der Waals surface area contributed by atoms with Gasteiger partial charge in [-0.25, -0.2) is 0 Å². The van der Waals surface area contributed by atoms with Crippen LogP contribution in [0.3, 0.4) is 0 Å². The maximum Gasteiger partial charge on any atom is 0.274 e. The fourth-order valence-electron chi connectivity index (χ4n) is 3.88. The number of nitrogens with zero attached hydrogens (tertiary/aromatic N) is 2. The maximum absolute atomic E-state index is 13.2. The molecule has 1 heterocycles. The quantitative estimate of drug-likeness (QED) is 0.133. The molecule has 1 aromatic carbocycles. The molecular weight excluding hydrogens is 540 g/mol. The lowest BCUT2D eigenvalue weighted by molar-refractivity contribution is -0.130. The first-order chi connectivity index (χ1) is 20.0. The van der Waals surface area contributed by atoms with Crippen molar-refractivity contribution in [2.24, 2.45) is 5.92 Å². The van der Waals surface area contributed by atoms with Crippen molar-refractivity contribution >= 4 is 23.6 Å². The number of carbonyl (C=O) groups excluding carboxylic acids is 4. The van der Waals surface area contributed by atoms with Crippen LogP contribution in [0.5, 0.6) is 0 Å². The molecule has 2 aromatic rings. The van der Waals surface area contributed by atoms with Gasteiger partial charge in [-0.3, -0.25) is 19.2 Å². The molecule has 0 aliphatic heterocycles. The Balaban J connectivity index is 2.04. The minimum absolute atomic E-state index is 0.0126. The topological polar surface area (TPSA) is 175 Å². The van der Waals surface area contributed by atoms with E-state index in [9.17, 15) is 24.4 Å². The Bertz CT molecular complexity index is 1280. The summed E-state index contributed by atoms with van der Waals surface area (Å²) in [5.74, 6) is -1.58. The number of aromatic nitrogens is 1. The number of hydrogen-bond donors (Lipinski definition) is 4. The molecule has 4 amide bonds. The van der Waals surface area contributed by atoms with Gasteiger partial charge in [0.05, 0.1) is 6.61 Å². The van der Waals surface area contributed by atoms with E-state index in [1.54, 1.807) is 13.0 Å². The predicted octanol–water partition coefficient (Wildman–Crippen LogP) is 2.23. The first-order valence-corrected chi connectivity index (χ1v) is 13.8. The highest BCUT2D eigenvalue weighted by atomic mass is 16.5. The van der Waals surface area contributed by atoms with Crippen LogP contribution in [-0.4, -0.2) is 61.1 Å². The average Bonchev–Trinajstić information content (AvgIpc) is 3.40. The Morgan fingerprint density at radius 1 is 1.02 bits per heavy atom. The predicted molar refractivity (Wildman–Crippen MR) is 155 cm³/mol. The third-order valence-electron chi connectivity index (χ3n) is 6.11. The molecule has 2 atom stereocenters. The van der Waals surface area contributed by atoms with E-state index >= 15 is 0 Å². The standard InChI is InChI=1S/C30H40N6O6/c1-19(2)14-23(16-31)27(37)32-13-7-6-8-24(28(38)33-17-22-11-9-20(3)10-12-22)34-30(40)26(18-41-5)35-29(39)25-15-21(4)42-36-25/h9-12,14-15,19,24,26H,6-8,13,17-18H2,1-5H3,(H,32,37)(H,33,38)(H,34,40)(H,35,39). The van der Waals surface area contributed by atoms with E-state index in [-0.39, 0.29) is 36.8 Å². The summed E-state index contributed by atoms with van der Waals surface area (Å²) in [5, 5.41) is 23.7. The zero-order valence-corrected chi connectivity index (χ0v) is 24.8. The third kappa shape index (κ3) is 11.5. The molecule has 2 unspecified atom stereocenters. The minimum Gasteiger partial charge on any atom is -0.382 e. The number of carbonyl (C=O) groups is 4. The zero-order chi connectivity index (χ0) is 31.1. The van der Waals surface area contributed by atoms with Crippen molar-refractivity contribution in [3.63, 3.8) is 0 Å². The van der Waals surface area contributed by atoms with Crippen LogP contribution in [0, 0.1) is 31.1 Å². The van der Waals surface area contributed by atoms with Crippen LogP contribution in [0.15, 0.2) is 46.5 Å². The van der Waals surface area contributed by atoms with Crippen molar-refractivity contribution in [3.05, 3.63) is 64.6 Å². The number of nitrogens with one attached hydrogen (secondary N) is 4. The number of amides is 4. The number of rotatable bonds is 16. The number of aryl methyl sites for hydroxylation is 2. The van der Waals surface area contributed by atoms with Crippen molar-refractivity contribution in [1.82, 2.24) is 26.4 Å². The first-order valence-electron chi connectivity index (χ1n) is 13.8. The van der Waals surface area contributed by atoms with Crippen molar-refractivity contribution in [2.75, 3.05) is 20.3 Å². The summed E-state index contributed by atoms with van der Waals surface area (Å²) in [6.07, 6.45) is 2.86. The summed E-state index contributed by atoms with van der Waals surface area (Å²) >= 11 is 0. The van der Waals surface area contributed by atoms with Crippen LogP contribution < -0.4 is 21.3 Å². The fourth-order valence-corrected chi connectivity index (χ4v) is 3.88. The lowest BCUT2D eigenvalue weighted by Gasteiger charge is -2.23. The van der Waals surface area contributed by atoms with E-state index in [0.717, 1.165) is 11.1 Å². The van der Waals surface area contributed by atoms with Crippen molar-refractivity contribution in [3.8, 4) is 6.07 Å². The Kier molecular flexibility index (Phi) is 13.9. The van der Waals surface area contributed by atoms with Crippen LogP contribution in [-0.2, 0) is 25.7 Å². The van der Waals surface area contributed by atoms with Crippen molar-refractivity contribution in [2.45, 2.75) is 65.6 Å². The maximum atomic E-state index is 13.2. The Hall–Kier alpha value is -4.50. The lowest BCUT2D eigenvalue weighted by atomic mass is 10.1. The molecule has 12 nitrogen and oxygen atoms in total. The number of benzene rings is 1. The minimum atomic E-state index is -1.09. The SMILES string of the molecule is COCC(NC(=O)c1cc(C)on1)C(=O)NC(CCCCNC(=O)C(C#N)=CC(C)C)C(=O)NCc1ccc(C)cc1. The van der Waals surface area contributed by atoms with Crippen molar-refractivity contribution in [1.29, 1.82) is 5.26 Å². The molecule has 12 heteroatoms. The monoisotopic (exact) mass is 580 g/mol. The number of ether oxygens (including phenoxy) is 1.